The molecule has 0 heterocycles. The lowest BCUT2D eigenvalue weighted by Gasteiger charge is -2.02. The molecule has 0 amide bonds. The van der Waals surface area contributed by atoms with Crippen LogP contribution in [0.15, 0.2) is 36.4 Å². The second kappa shape index (κ2) is 5.94. The van der Waals surface area contributed by atoms with Gasteiger partial charge in [0.1, 0.15) is 0 Å². The normalized spacial score (nSPS) is 10.8. The van der Waals surface area contributed by atoms with Gasteiger partial charge in [-0.05, 0) is 41.5 Å². The average molecular weight is 284 g/mol. The van der Waals surface area contributed by atoms with Gasteiger partial charge >= 0.3 is 0 Å². The van der Waals surface area contributed by atoms with E-state index in [9.17, 15) is 13.2 Å². The van der Waals surface area contributed by atoms with E-state index in [0.29, 0.717) is 11.1 Å². The zero-order chi connectivity index (χ0) is 15.4. The first-order valence-corrected chi connectivity index (χ1v) is 5.79. The molecular formula is C16H7F3N2. The Morgan fingerprint density at radius 2 is 1.67 bits per heavy atom. The lowest BCUT2D eigenvalue weighted by atomic mass is 10.1. The summed E-state index contributed by atoms with van der Waals surface area (Å²) >= 11 is 0. The fraction of sp³-hybridized carbons (Fsp3) is 0. The summed E-state index contributed by atoms with van der Waals surface area (Å²) in [6.07, 6.45) is 1.25. The Hall–Kier alpha value is -3.05. The Balaban J connectivity index is 2.46. The number of rotatable bonds is 2. The summed E-state index contributed by atoms with van der Waals surface area (Å²) in [7, 11) is 0. The summed E-state index contributed by atoms with van der Waals surface area (Å²) in [4.78, 5) is 3.28. The second-order valence-electron chi connectivity index (χ2n) is 4.13. The molecule has 0 aliphatic heterocycles. The predicted octanol–water partition coefficient (Wildman–Crippen LogP) is 4.39. The van der Waals surface area contributed by atoms with Gasteiger partial charge in [0.05, 0.1) is 18.2 Å². The van der Waals surface area contributed by atoms with Crippen LogP contribution in [-0.2, 0) is 0 Å². The maximum atomic E-state index is 13.1. The van der Waals surface area contributed by atoms with Crippen LogP contribution in [0.25, 0.3) is 16.6 Å². The summed E-state index contributed by atoms with van der Waals surface area (Å²) in [5.41, 5.74) is 1.10. The highest BCUT2D eigenvalue weighted by Gasteiger charge is 2.10. The number of halogens is 3. The molecule has 21 heavy (non-hydrogen) atoms. The van der Waals surface area contributed by atoms with Gasteiger partial charge in [0, 0.05) is 0 Å². The maximum Gasteiger partial charge on any atom is 0.194 e. The molecule has 2 nitrogen and oxygen atoms in total. The van der Waals surface area contributed by atoms with Gasteiger partial charge in [0.25, 0.3) is 0 Å². The fourth-order valence-electron chi connectivity index (χ4n) is 1.71. The molecule has 0 N–H and O–H groups in total. The first kappa shape index (κ1) is 14.4. The number of nitrogens with zero attached hydrogens (tertiary/aromatic N) is 2. The van der Waals surface area contributed by atoms with E-state index in [1.165, 1.54) is 18.2 Å². The third-order valence-corrected chi connectivity index (χ3v) is 2.74. The topological polar surface area (TPSA) is 28.1 Å². The molecular weight excluding hydrogens is 277 g/mol. The highest BCUT2D eigenvalue weighted by Crippen LogP contribution is 2.22. The van der Waals surface area contributed by atoms with E-state index in [1.807, 2.05) is 6.07 Å². The minimum Gasteiger partial charge on any atom is -0.238 e. The van der Waals surface area contributed by atoms with Crippen LogP contribution in [0.3, 0.4) is 0 Å². The van der Waals surface area contributed by atoms with Crippen LogP contribution in [0.4, 0.5) is 13.2 Å². The zero-order valence-corrected chi connectivity index (χ0v) is 10.6. The molecule has 2 aromatic rings. The lowest BCUT2D eigenvalue weighted by Crippen LogP contribution is -1.91. The Morgan fingerprint density at radius 1 is 1.10 bits per heavy atom. The summed E-state index contributed by atoms with van der Waals surface area (Å²) in [5.74, 6) is -4.18. The molecule has 5 heteroatoms. The van der Waals surface area contributed by atoms with Crippen LogP contribution >= 0.6 is 0 Å². The second-order valence-corrected chi connectivity index (χ2v) is 4.13. The maximum absolute atomic E-state index is 13.1. The predicted molar refractivity (Wildman–Crippen MR) is 71.9 cm³/mol. The Kier molecular flexibility index (Phi) is 4.06. The van der Waals surface area contributed by atoms with Crippen molar-refractivity contribution in [2.24, 2.45) is 0 Å². The van der Waals surface area contributed by atoms with Crippen molar-refractivity contribution >= 4 is 11.8 Å². The van der Waals surface area contributed by atoms with Crippen molar-refractivity contribution in [1.29, 1.82) is 5.26 Å². The van der Waals surface area contributed by atoms with Gasteiger partial charge in [-0.3, -0.25) is 0 Å². The molecule has 0 spiro atoms. The van der Waals surface area contributed by atoms with Crippen LogP contribution in [0.5, 0.6) is 0 Å². The Labute approximate surface area is 119 Å². The molecule has 0 aromatic heterocycles. The first-order chi connectivity index (χ1) is 10.0. The van der Waals surface area contributed by atoms with Crippen LogP contribution in [0.2, 0.25) is 0 Å². The van der Waals surface area contributed by atoms with Gasteiger partial charge in [0.2, 0.25) is 0 Å². The third-order valence-electron chi connectivity index (χ3n) is 2.74. The van der Waals surface area contributed by atoms with Crippen LogP contribution < -0.4 is 0 Å². The van der Waals surface area contributed by atoms with Crippen LogP contribution in [-0.4, -0.2) is 0 Å². The van der Waals surface area contributed by atoms with E-state index < -0.39 is 17.5 Å². The molecule has 0 saturated heterocycles. The molecule has 0 radical (unpaired) electrons. The summed E-state index contributed by atoms with van der Waals surface area (Å²) in [5, 5.41) is 8.70. The van der Waals surface area contributed by atoms with Gasteiger partial charge in [-0.2, -0.15) is 5.26 Å². The summed E-state index contributed by atoms with van der Waals surface area (Å²) in [6.45, 7) is 7.12. The van der Waals surface area contributed by atoms with Crippen LogP contribution in [0.1, 0.15) is 16.7 Å². The molecule has 0 aliphatic rings. The monoisotopic (exact) mass is 284 g/mol. The largest absolute Gasteiger partial charge is 0.238 e. The van der Waals surface area contributed by atoms with E-state index >= 15 is 0 Å². The van der Waals surface area contributed by atoms with Crippen molar-refractivity contribution in [3.63, 3.8) is 0 Å². The SMILES string of the molecule is [C-]#[N+]/C(=C\c1cc(F)c(F)c(F)c1)c1ccc(C#N)cc1. The molecule has 0 saturated carbocycles. The molecule has 0 unspecified atom stereocenters. The van der Waals surface area contributed by atoms with Crippen molar-refractivity contribution in [1.82, 2.24) is 0 Å². The molecule has 0 fully saturated rings. The minimum absolute atomic E-state index is 0.0433. The molecule has 102 valence electrons. The molecule has 0 aliphatic carbocycles. The molecule has 0 atom stereocenters. The van der Waals surface area contributed by atoms with E-state index in [-0.39, 0.29) is 11.3 Å². The summed E-state index contributed by atoms with van der Waals surface area (Å²) in [6, 6.07) is 9.73. The van der Waals surface area contributed by atoms with Crippen molar-refractivity contribution < 1.29 is 13.2 Å². The number of nitriles is 1. The van der Waals surface area contributed by atoms with Crippen molar-refractivity contribution in [3.05, 3.63) is 82.0 Å². The smallest absolute Gasteiger partial charge is 0.194 e. The quantitative estimate of drug-likeness (QED) is 0.456. The van der Waals surface area contributed by atoms with Gasteiger partial charge in [-0.15, -0.1) is 0 Å². The highest BCUT2D eigenvalue weighted by atomic mass is 19.2. The van der Waals surface area contributed by atoms with Gasteiger partial charge in [0.15, 0.2) is 23.1 Å². The van der Waals surface area contributed by atoms with E-state index in [1.54, 1.807) is 12.1 Å². The fourth-order valence-corrected chi connectivity index (χ4v) is 1.71. The first-order valence-electron chi connectivity index (χ1n) is 5.79. The average Bonchev–Trinajstić information content (AvgIpc) is 2.50. The Morgan fingerprint density at radius 3 is 2.14 bits per heavy atom. The van der Waals surface area contributed by atoms with Gasteiger partial charge < -0.3 is 0 Å². The minimum atomic E-state index is -1.55. The zero-order valence-electron chi connectivity index (χ0n) is 10.6. The van der Waals surface area contributed by atoms with Crippen LogP contribution in [0, 0.1) is 35.4 Å². The molecule has 2 aromatic carbocycles. The summed E-state index contributed by atoms with van der Waals surface area (Å²) < 4.78 is 39.2. The number of hydrogen-bond donors (Lipinski definition) is 0. The van der Waals surface area contributed by atoms with E-state index in [4.69, 9.17) is 11.8 Å². The molecule has 0 bridgehead atoms. The van der Waals surface area contributed by atoms with Crippen molar-refractivity contribution in [2.45, 2.75) is 0 Å². The van der Waals surface area contributed by atoms with Crippen molar-refractivity contribution in [2.75, 3.05) is 0 Å². The van der Waals surface area contributed by atoms with E-state index in [0.717, 1.165) is 12.1 Å². The number of benzene rings is 2. The van der Waals surface area contributed by atoms with Crippen molar-refractivity contribution in [3.8, 4) is 6.07 Å². The van der Waals surface area contributed by atoms with Gasteiger partial charge in [-0.25, -0.2) is 18.0 Å². The Bertz CT molecular complexity index is 771. The highest BCUT2D eigenvalue weighted by molar-refractivity contribution is 5.85. The third kappa shape index (κ3) is 3.10. The lowest BCUT2D eigenvalue weighted by molar-refractivity contribution is 0.447. The standard InChI is InChI=1S/C16H7F3N2/c1-21-15(12-4-2-10(9-20)3-5-12)8-11-6-13(17)16(19)14(18)7-11/h2-8H/b15-8-. The molecule has 2 rings (SSSR count). The number of hydrogen-bond acceptors (Lipinski definition) is 1. The van der Waals surface area contributed by atoms with Gasteiger partial charge in [-0.1, -0.05) is 12.1 Å². The van der Waals surface area contributed by atoms with E-state index in [2.05, 4.69) is 4.85 Å².